The number of piperidine rings is 1. The second kappa shape index (κ2) is 9.41. The number of carbonyl (C=O) groups excluding carboxylic acids is 1. The van der Waals surface area contributed by atoms with Crippen molar-refractivity contribution in [2.24, 2.45) is 5.92 Å². The van der Waals surface area contributed by atoms with E-state index in [9.17, 15) is 9.18 Å². The number of amides is 1. The van der Waals surface area contributed by atoms with Gasteiger partial charge in [-0.1, -0.05) is 30.3 Å². The summed E-state index contributed by atoms with van der Waals surface area (Å²) < 4.78 is 15.4. The molecule has 1 saturated heterocycles. The van der Waals surface area contributed by atoms with E-state index in [2.05, 4.69) is 5.32 Å². The van der Waals surface area contributed by atoms with Crippen molar-refractivity contribution < 1.29 is 14.3 Å². The number of aromatic nitrogens is 1. The molecular weight excluding hydrogens is 381 g/mol. The lowest BCUT2D eigenvalue weighted by Crippen LogP contribution is -2.41. The normalized spacial score (nSPS) is 15.1. The average Bonchev–Trinajstić information content (AvgIpc) is 3.14. The highest BCUT2D eigenvalue weighted by atomic mass is 19.1. The van der Waals surface area contributed by atoms with Gasteiger partial charge in [0.2, 0.25) is 0 Å². The molecule has 1 fully saturated rings. The number of rotatable bonds is 7. The quantitative estimate of drug-likeness (QED) is 0.589. The first-order valence-corrected chi connectivity index (χ1v) is 10.6. The summed E-state index contributed by atoms with van der Waals surface area (Å²) in [4.78, 5) is 15.3. The third kappa shape index (κ3) is 4.55. The molecule has 0 unspecified atom stereocenters. The monoisotopic (exact) mass is 409 g/mol. The standard InChI is InChI=1S/C24H28FN3O2/c25-21-7-5-19(6-8-21)17-28-22-4-2-1-3-20(22)15-23(28)24(30)27-12-9-18(10-13-27)16-26-11-14-29/h1-8,15,18,26,29H,9-14,16-17H2. The van der Waals surface area contributed by atoms with Gasteiger partial charge in [-0.3, -0.25) is 4.79 Å². The van der Waals surface area contributed by atoms with Crippen molar-refractivity contribution in [3.63, 3.8) is 0 Å². The van der Waals surface area contributed by atoms with Crippen LogP contribution in [0.4, 0.5) is 4.39 Å². The topological polar surface area (TPSA) is 57.5 Å². The van der Waals surface area contributed by atoms with Gasteiger partial charge in [0, 0.05) is 37.1 Å². The Bertz CT molecular complexity index is 991. The fourth-order valence-corrected chi connectivity index (χ4v) is 4.22. The molecule has 1 aliphatic rings. The molecule has 30 heavy (non-hydrogen) atoms. The zero-order chi connectivity index (χ0) is 20.9. The Labute approximate surface area is 176 Å². The van der Waals surface area contributed by atoms with Crippen LogP contribution in [0.5, 0.6) is 0 Å². The van der Waals surface area contributed by atoms with E-state index in [0.717, 1.165) is 48.9 Å². The molecule has 0 aliphatic carbocycles. The molecule has 2 heterocycles. The van der Waals surface area contributed by atoms with E-state index in [4.69, 9.17) is 5.11 Å². The molecule has 3 aromatic rings. The molecule has 0 saturated carbocycles. The summed E-state index contributed by atoms with van der Waals surface area (Å²) in [6.07, 6.45) is 1.92. The maximum Gasteiger partial charge on any atom is 0.270 e. The van der Waals surface area contributed by atoms with Gasteiger partial charge >= 0.3 is 0 Å². The minimum atomic E-state index is -0.260. The zero-order valence-electron chi connectivity index (χ0n) is 17.1. The van der Waals surface area contributed by atoms with Crippen LogP contribution in [0.1, 0.15) is 28.9 Å². The van der Waals surface area contributed by atoms with Crippen LogP contribution in [0, 0.1) is 11.7 Å². The van der Waals surface area contributed by atoms with E-state index in [0.29, 0.717) is 24.7 Å². The highest BCUT2D eigenvalue weighted by Gasteiger charge is 2.26. The van der Waals surface area contributed by atoms with Crippen molar-refractivity contribution in [3.05, 3.63) is 71.7 Å². The van der Waals surface area contributed by atoms with Gasteiger partial charge in [0.15, 0.2) is 0 Å². The summed E-state index contributed by atoms with van der Waals surface area (Å²) in [5, 5.41) is 13.2. The van der Waals surface area contributed by atoms with E-state index < -0.39 is 0 Å². The van der Waals surface area contributed by atoms with E-state index in [1.54, 1.807) is 12.1 Å². The summed E-state index contributed by atoms with van der Waals surface area (Å²) in [6.45, 7) is 3.65. The number of aliphatic hydroxyl groups is 1. The van der Waals surface area contributed by atoms with Crippen LogP contribution >= 0.6 is 0 Å². The highest BCUT2D eigenvalue weighted by Crippen LogP contribution is 2.25. The molecule has 1 aliphatic heterocycles. The molecule has 0 atom stereocenters. The lowest BCUT2D eigenvalue weighted by Gasteiger charge is -2.32. The van der Waals surface area contributed by atoms with Crippen molar-refractivity contribution in [2.75, 3.05) is 32.8 Å². The van der Waals surface area contributed by atoms with Crippen LogP contribution in [-0.2, 0) is 6.54 Å². The number of likely N-dealkylation sites (tertiary alicyclic amines) is 1. The molecule has 2 N–H and O–H groups in total. The number of nitrogens with one attached hydrogen (secondary N) is 1. The van der Waals surface area contributed by atoms with E-state index in [1.807, 2.05) is 39.8 Å². The molecule has 1 aromatic heterocycles. The third-order valence-corrected chi connectivity index (χ3v) is 5.91. The SMILES string of the molecule is O=C(c1cc2ccccc2n1Cc1ccc(F)cc1)N1CCC(CNCCO)CC1. The number of benzene rings is 2. The average molecular weight is 410 g/mol. The Morgan fingerprint density at radius 2 is 1.83 bits per heavy atom. The maximum atomic E-state index is 13.4. The third-order valence-electron chi connectivity index (χ3n) is 5.91. The van der Waals surface area contributed by atoms with Gasteiger partial charge in [-0.05, 0) is 55.1 Å². The Morgan fingerprint density at radius 3 is 2.57 bits per heavy atom. The summed E-state index contributed by atoms with van der Waals surface area (Å²) in [5.74, 6) is 0.324. The first-order valence-electron chi connectivity index (χ1n) is 10.6. The molecule has 1 amide bonds. The zero-order valence-corrected chi connectivity index (χ0v) is 17.1. The van der Waals surface area contributed by atoms with Crippen molar-refractivity contribution in [2.45, 2.75) is 19.4 Å². The molecule has 158 valence electrons. The molecular formula is C24H28FN3O2. The number of halogens is 1. The smallest absolute Gasteiger partial charge is 0.270 e. The second-order valence-corrected chi connectivity index (χ2v) is 7.96. The van der Waals surface area contributed by atoms with Crippen molar-refractivity contribution >= 4 is 16.8 Å². The van der Waals surface area contributed by atoms with Crippen LogP contribution in [0.2, 0.25) is 0 Å². The largest absolute Gasteiger partial charge is 0.395 e. The molecule has 0 radical (unpaired) electrons. The lowest BCUT2D eigenvalue weighted by molar-refractivity contribution is 0.0680. The summed E-state index contributed by atoms with van der Waals surface area (Å²) >= 11 is 0. The van der Waals surface area contributed by atoms with Crippen LogP contribution in [0.3, 0.4) is 0 Å². The number of carbonyl (C=O) groups is 1. The number of hydrogen-bond donors (Lipinski definition) is 2. The highest BCUT2D eigenvalue weighted by molar-refractivity contribution is 5.99. The van der Waals surface area contributed by atoms with Gasteiger partial charge in [0.05, 0.1) is 6.61 Å². The molecule has 2 aromatic carbocycles. The number of nitrogens with zero attached hydrogens (tertiary/aromatic N) is 2. The summed E-state index contributed by atoms with van der Waals surface area (Å²) in [7, 11) is 0. The number of para-hydroxylation sites is 1. The van der Waals surface area contributed by atoms with E-state index in [1.165, 1.54) is 12.1 Å². The summed E-state index contributed by atoms with van der Waals surface area (Å²) in [5.41, 5.74) is 2.64. The molecule has 4 rings (SSSR count). The van der Waals surface area contributed by atoms with Gasteiger partial charge in [0.1, 0.15) is 11.5 Å². The molecule has 0 bridgehead atoms. The first-order chi connectivity index (χ1) is 14.7. The van der Waals surface area contributed by atoms with E-state index in [-0.39, 0.29) is 18.3 Å². The Morgan fingerprint density at radius 1 is 1.10 bits per heavy atom. The van der Waals surface area contributed by atoms with Crippen LogP contribution in [0.25, 0.3) is 10.9 Å². The maximum absolute atomic E-state index is 13.4. The van der Waals surface area contributed by atoms with Crippen LogP contribution in [0.15, 0.2) is 54.6 Å². The van der Waals surface area contributed by atoms with Gasteiger partial charge in [-0.2, -0.15) is 0 Å². The fourth-order valence-electron chi connectivity index (χ4n) is 4.22. The second-order valence-electron chi connectivity index (χ2n) is 7.96. The fraction of sp³-hybridized carbons (Fsp3) is 0.375. The van der Waals surface area contributed by atoms with Gasteiger partial charge in [-0.25, -0.2) is 4.39 Å². The predicted octanol–water partition coefficient (Wildman–Crippen LogP) is 3.26. The molecule has 0 spiro atoms. The number of hydrogen-bond acceptors (Lipinski definition) is 3. The minimum absolute atomic E-state index is 0.0510. The Hall–Kier alpha value is -2.70. The van der Waals surface area contributed by atoms with Crippen molar-refractivity contribution in [1.82, 2.24) is 14.8 Å². The summed E-state index contributed by atoms with van der Waals surface area (Å²) in [6, 6.07) is 16.4. The van der Waals surface area contributed by atoms with Crippen LogP contribution < -0.4 is 5.32 Å². The van der Waals surface area contributed by atoms with Gasteiger partial charge < -0.3 is 19.9 Å². The number of fused-ring (bicyclic) bond motifs is 1. The van der Waals surface area contributed by atoms with Crippen LogP contribution in [-0.4, -0.2) is 53.3 Å². The Kier molecular flexibility index (Phi) is 6.45. The van der Waals surface area contributed by atoms with Gasteiger partial charge in [-0.15, -0.1) is 0 Å². The minimum Gasteiger partial charge on any atom is -0.395 e. The van der Waals surface area contributed by atoms with Gasteiger partial charge in [0.25, 0.3) is 5.91 Å². The first kappa shape index (κ1) is 20.6. The van der Waals surface area contributed by atoms with Crippen molar-refractivity contribution in [1.29, 1.82) is 0 Å². The van der Waals surface area contributed by atoms with Crippen molar-refractivity contribution in [3.8, 4) is 0 Å². The number of aliphatic hydroxyl groups excluding tert-OH is 1. The lowest BCUT2D eigenvalue weighted by atomic mass is 9.96. The Balaban J connectivity index is 1.53. The predicted molar refractivity (Wildman–Crippen MR) is 116 cm³/mol. The molecule has 6 heteroatoms. The molecule has 5 nitrogen and oxygen atoms in total. The van der Waals surface area contributed by atoms with E-state index >= 15 is 0 Å².